The van der Waals surface area contributed by atoms with Gasteiger partial charge < -0.3 is 9.47 Å². The zero-order valence-corrected chi connectivity index (χ0v) is 13.2. The SMILES string of the molecule is CC(=O)/C=C\N(C=O)C(=O)CCCCCOC1CCCCO1. The average molecular weight is 311 g/mol. The molecule has 1 unspecified atom stereocenters. The Labute approximate surface area is 131 Å². The highest BCUT2D eigenvalue weighted by atomic mass is 16.7. The van der Waals surface area contributed by atoms with Gasteiger partial charge in [-0.25, -0.2) is 0 Å². The molecule has 1 atom stereocenters. The molecule has 2 amide bonds. The van der Waals surface area contributed by atoms with E-state index >= 15 is 0 Å². The van der Waals surface area contributed by atoms with Crippen molar-refractivity contribution in [1.82, 2.24) is 4.90 Å². The maximum atomic E-state index is 11.7. The number of amides is 2. The number of nitrogens with zero attached hydrogens (tertiary/aromatic N) is 1. The van der Waals surface area contributed by atoms with Gasteiger partial charge in [0.1, 0.15) is 0 Å². The molecule has 0 saturated carbocycles. The molecule has 1 saturated heterocycles. The molecule has 0 bridgehead atoms. The van der Waals surface area contributed by atoms with E-state index in [-0.39, 0.29) is 24.4 Å². The van der Waals surface area contributed by atoms with Gasteiger partial charge in [0, 0.05) is 25.8 Å². The average Bonchev–Trinajstić information content (AvgIpc) is 2.52. The van der Waals surface area contributed by atoms with E-state index in [0.717, 1.165) is 43.6 Å². The molecular weight excluding hydrogens is 286 g/mol. The van der Waals surface area contributed by atoms with Crippen molar-refractivity contribution in [2.45, 2.75) is 58.2 Å². The molecule has 6 nitrogen and oxygen atoms in total. The molecule has 1 fully saturated rings. The van der Waals surface area contributed by atoms with Crippen LogP contribution >= 0.6 is 0 Å². The van der Waals surface area contributed by atoms with Gasteiger partial charge in [0.15, 0.2) is 12.1 Å². The summed E-state index contributed by atoms with van der Waals surface area (Å²) in [6.07, 6.45) is 8.64. The summed E-state index contributed by atoms with van der Waals surface area (Å²) in [5.41, 5.74) is 0. The lowest BCUT2D eigenvalue weighted by molar-refractivity contribution is -0.162. The van der Waals surface area contributed by atoms with Crippen LogP contribution in [0.5, 0.6) is 0 Å². The first-order valence-corrected chi connectivity index (χ1v) is 7.82. The van der Waals surface area contributed by atoms with E-state index in [4.69, 9.17) is 9.47 Å². The molecule has 0 aromatic carbocycles. The topological polar surface area (TPSA) is 72.9 Å². The normalized spacial score (nSPS) is 18.3. The third-order valence-corrected chi connectivity index (χ3v) is 3.35. The Morgan fingerprint density at radius 1 is 1.27 bits per heavy atom. The van der Waals surface area contributed by atoms with Crippen molar-refractivity contribution in [2.24, 2.45) is 0 Å². The molecule has 1 aliphatic rings. The fraction of sp³-hybridized carbons (Fsp3) is 0.688. The number of hydrogen-bond donors (Lipinski definition) is 0. The van der Waals surface area contributed by atoms with Crippen LogP contribution < -0.4 is 0 Å². The van der Waals surface area contributed by atoms with Gasteiger partial charge in [0.2, 0.25) is 12.3 Å². The van der Waals surface area contributed by atoms with Crippen molar-refractivity contribution < 1.29 is 23.9 Å². The standard InChI is InChI=1S/C16H25NO5/c1-14(19)9-10-17(13-18)15(20)7-3-2-5-11-21-16-8-4-6-12-22-16/h9-10,13,16H,2-8,11-12H2,1H3/b10-9-. The Kier molecular flexibility index (Phi) is 9.34. The van der Waals surface area contributed by atoms with Gasteiger partial charge in [-0.15, -0.1) is 0 Å². The van der Waals surface area contributed by atoms with E-state index in [2.05, 4.69) is 0 Å². The zero-order valence-electron chi connectivity index (χ0n) is 13.2. The Morgan fingerprint density at radius 2 is 2.09 bits per heavy atom. The number of rotatable bonds is 10. The summed E-state index contributed by atoms with van der Waals surface area (Å²) >= 11 is 0. The van der Waals surface area contributed by atoms with E-state index in [9.17, 15) is 14.4 Å². The summed E-state index contributed by atoms with van der Waals surface area (Å²) < 4.78 is 11.1. The van der Waals surface area contributed by atoms with Crippen LogP contribution in [0.15, 0.2) is 12.3 Å². The molecule has 0 aliphatic carbocycles. The highest BCUT2D eigenvalue weighted by Gasteiger charge is 2.13. The van der Waals surface area contributed by atoms with Crippen molar-refractivity contribution in [3.8, 4) is 0 Å². The van der Waals surface area contributed by atoms with Crippen molar-refractivity contribution in [2.75, 3.05) is 13.2 Å². The van der Waals surface area contributed by atoms with E-state index in [1.54, 1.807) is 0 Å². The summed E-state index contributed by atoms with van der Waals surface area (Å²) in [6.45, 7) is 2.76. The molecule has 1 heterocycles. The van der Waals surface area contributed by atoms with E-state index in [0.29, 0.717) is 19.4 Å². The van der Waals surface area contributed by atoms with Crippen LogP contribution in [0.2, 0.25) is 0 Å². The monoisotopic (exact) mass is 311 g/mol. The predicted molar refractivity (Wildman–Crippen MR) is 80.7 cm³/mol. The van der Waals surface area contributed by atoms with Gasteiger partial charge in [-0.3, -0.25) is 19.3 Å². The Balaban J connectivity index is 2.08. The Bertz CT molecular complexity index is 388. The minimum Gasteiger partial charge on any atom is -0.353 e. The third kappa shape index (κ3) is 8.05. The van der Waals surface area contributed by atoms with Crippen LogP contribution in [0.1, 0.15) is 51.9 Å². The van der Waals surface area contributed by atoms with E-state index in [1.165, 1.54) is 19.2 Å². The molecule has 0 spiro atoms. The maximum Gasteiger partial charge on any atom is 0.233 e. The summed E-state index contributed by atoms with van der Waals surface area (Å²) in [6, 6.07) is 0. The first-order chi connectivity index (χ1) is 10.6. The predicted octanol–water partition coefficient (Wildman–Crippen LogP) is 2.18. The Morgan fingerprint density at radius 3 is 2.73 bits per heavy atom. The highest BCUT2D eigenvalue weighted by molar-refractivity contribution is 5.91. The van der Waals surface area contributed by atoms with Crippen LogP contribution in [0.3, 0.4) is 0 Å². The van der Waals surface area contributed by atoms with Crippen molar-refractivity contribution in [3.63, 3.8) is 0 Å². The van der Waals surface area contributed by atoms with Crippen LogP contribution in [-0.2, 0) is 23.9 Å². The first-order valence-electron chi connectivity index (χ1n) is 7.82. The molecule has 6 heteroatoms. The molecule has 0 radical (unpaired) electrons. The maximum absolute atomic E-state index is 11.7. The second-order valence-electron chi connectivity index (χ2n) is 5.31. The van der Waals surface area contributed by atoms with Crippen molar-refractivity contribution in [3.05, 3.63) is 12.3 Å². The van der Waals surface area contributed by atoms with Gasteiger partial charge in [0.05, 0.1) is 0 Å². The van der Waals surface area contributed by atoms with E-state index < -0.39 is 0 Å². The fourth-order valence-electron chi connectivity index (χ4n) is 2.10. The van der Waals surface area contributed by atoms with Gasteiger partial charge in [0.25, 0.3) is 0 Å². The third-order valence-electron chi connectivity index (χ3n) is 3.35. The van der Waals surface area contributed by atoms with Gasteiger partial charge in [-0.2, -0.15) is 0 Å². The number of ether oxygens (including phenoxy) is 2. The molecule has 22 heavy (non-hydrogen) atoms. The molecule has 0 aromatic rings. The van der Waals surface area contributed by atoms with Crippen molar-refractivity contribution >= 4 is 18.1 Å². The van der Waals surface area contributed by atoms with Gasteiger partial charge in [-0.05, 0) is 45.1 Å². The quantitative estimate of drug-likeness (QED) is 0.351. The van der Waals surface area contributed by atoms with Crippen LogP contribution in [0, 0.1) is 0 Å². The number of allylic oxidation sites excluding steroid dienone is 1. The smallest absolute Gasteiger partial charge is 0.233 e. The van der Waals surface area contributed by atoms with Crippen LogP contribution in [0.25, 0.3) is 0 Å². The molecule has 0 N–H and O–H groups in total. The number of carbonyl (C=O) groups excluding carboxylic acids is 3. The molecule has 0 aromatic heterocycles. The van der Waals surface area contributed by atoms with Crippen LogP contribution in [0.4, 0.5) is 0 Å². The largest absolute Gasteiger partial charge is 0.353 e. The minimum atomic E-state index is -0.302. The lowest BCUT2D eigenvalue weighted by Crippen LogP contribution is -2.24. The molecule has 1 rings (SSSR count). The lowest BCUT2D eigenvalue weighted by atomic mass is 10.2. The molecule has 124 valence electrons. The number of hydrogen-bond acceptors (Lipinski definition) is 5. The summed E-state index contributed by atoms with van der Waals surface area (Å²) in [7, 11) is 0. The number of imide groups is 1. The Hall–Kier alpha value is -1.53. The van der Waals surface area contributed by atoms with Gasteiger partial charge in [-0.1, -0.05) is 6.42 Å². The van der Waals surface area contributed by atoms with Crippen LogP contribution in [-0.4, -0.2) is 42.5 Å². The second kappa shape index (κ2) is 11.1. The van der Waals surface area contributed by atoms with Gasteiger partial charge >= 0.3 is 0 Å². The fourth-order valence-corrected chi connectivity index (χ4v) is 2.10. The second-order valence-corrected chi connectivity index (χ2v) is 5.31. The summed E-state index contributed by atoms with van der Waals surface area (Å²) in [4.78, 5) is 34.2. The molecular formula is C16H25NO5. The highest BCUT2D eigenvalue weighted by Crippen LogP contribution is 2.14. The lowest BCUT2D eigenvalue weighted by Gasteiger charge is -2.22. The number of unbranched alkanes of at least 4 members (excludes halogenated alkanes) is 2. The molecule has 1 aliphatic heterocycles. The minimum absolute atomic E-state index is 0.0716. The summed E-state index contributed by atoms with van der Waals surface area (Å²) in [5, 5.41) is 0. The first kappa shape index (κ1) is 18.5. The number of carbonyl (C=O) groups is 3. The summed E-state index contributed by atoms with van der Waals surface area (Å²) in [5.74, 6) is -0.509. The zero-order chi connectivity index (χ0) is 16.2. The van der Waals surface area contributed by atoms with Crippen molar-refractivity contribution in [1.29, 1.82) is 0 Å². The van der Waals surface area contributed by atoms with E-state index in [1.807, 2.05) is 0 Å². The number of ketones is 1.